The van der Waals surface area contributed by atoms with Crippen molar-refractivity contribution in [3.05, 3.63) is 0 Å². The fourth-order valence-electron chi connectivity index (χ4n) is 2.67. The SMILES string of the molecule is O=C([O-])C(F)(F)C(F)(F)C(F)(F)C(F)(F)C(F)(F)C(F)(F)C(F)(F)C(F)(F)C(F)(F)C(F)(F)C(F)(F)C(F)(F)C(F)(F)C(F)(F)C(F)(F)F. The van der Waals surface area contributed by atoms with Gasteiger partial charge in [0.2, 0.25) is 0 Å². The van der Waals surface area contributed by atoms with E-state index in [1.165, 1.54) is 0 Å². The summed E-state index contributed by atoms with van der Waals surface area (Å²) in [5, 5.41) is 9.81. The van der Waals surface area contributed by atoms with Crippen LogP contribution in [0.3, 0.4) is 0 Å². The zero-order chi connectivity index (χ0) is 41.1. The van der Waals surface area contributed by atoms with E-state index >= 15 is 0 Å². The number of carboxylic acid groups (broad SMARTS) is 1. The molecule has 0 radical (unpaired) electrons. The summed E-state index contributed by atoms with van der Waals surface area (Å²) in [5.74, 6) is -139. The molecule has 0 saturated carbocycles. The van der Waals surface area contributed by atoms with Crippen LogP contribution >= 0.6 is 0 Å². The molecule has 0 rings (SSSR count). The molecule has 0 unspecified atom stereocenters. The van der Waals surface area contributed by atoms with Crippen LogP contribution in [-0.2, 0) is 4.79 Å². The van der Waals surface area contributed by atoms with Crippen molar-refractivity contribution in [3.8, 4) is 0 Å². The van der Waals surface area contributed by atoms with Crippen molar-refractivity contribution in [3.63, 3.8) is 0 Å². The van der Waals surface area contributed by atoms with Gasteiger partial charge in [0.1, 0.15) is 5.97 Å². The normalized spacial score (nSPS) is 17.0. The highest BCUT2D eigenvalue weighted by molar-refractivity contribution is 5.75. The van der Waals surface area contributed by atoms with Gasteiger partial charge in [-0.25, -0.2) is 0 Å². The summed E-state index contributed by atoms with van der Waals surface area (Å²) in [4.78, 5) is 9.81. The lowest BCUT2D eigenvalue weighted by molar-refractivity contribution is -0.489. The number of alkyl halides is 31. The number of halogens is 31. The molecule has 0 bridgehead atoms. The van der Waals surface area contributed by atoms with Gasteiger partial charge in [-0.3, -0.25) is 0 Å². The van der Waals surface area contributed by atoms with Crippen LogP contribution in [0.15, 0.2) is 0 Å². The highest BCUT2D eigenvalue weighted by Gasteiger charge is 3.01. The monoisotopic (exact) mass is 813 g/mol. The predicted octanol–water partition coefficient (Wildman–Crippen LogP) is 8.19. The van der Waals surface area contributed by atoms with Gasteiger partial charge < -0.3 is 9.90 Å². The fraction of sp³-hybridized carbons (Fsp3) is 0.938. The van der Waals surface area contributed by atoms with Crippen LogP contribution in [0.5, 0.6) is 0 Å². The van der Waals surface area contributed by atoms with Gasteiger partial charge in [-0.15, -0.1) is 0 Å². The van der Waals surface area contributed by atoms with Gasteiger partial charge in [0, 0.05) is 0 Å². The Hall–Kier alpha value is -2.70. The third kappa shape index (κ3) is 5.08. The molecular formula is C16F31O2-. The lowest BCUT2D eigenvalue weighted by Crippen LogP contribution is -2.79. The standard InChI is InChI=1S/C16HF31O2/c17-2(18,1(48)49)3(19,20)4(21,22)5(23,24)6(25,26)7(27,28)8(29,30)9(31,32)10(33,34)11(35,36)12(37,38)13(39,40)14(41,42)15(43,44)16(45,46)47/h(H,48,49)/p-1. The molecule has 0 amide bonds. The first kappa shape index (κ1) is 46.3. The third-order valence-electron chi connectivity index (χ3n) is 5.74. The van der Waals surface area contributed by atoms with Crippen molar-refractivity contribution in [2.75, 3.05) is 0 Å². The number of carboxylic acids is 1. The highest BCUT2D eigenvalue weighted by atomic mass is 19.4. The molecule has 0 aliphatic heterocycles. The molecule has 0 aromatic heterocycles. The zero-order valence-corrected chi connectivity index (χ0v) is 20.5. The van der Waals surface area contributed by atoms with Crippen molar-refractivity contribution in [2.24, 2.45) is 0 Å². The lowest BCUT2D eigenvalue weighted by atomic mass is 9.83. The number of rotatable bonds is 14. The Kier molecular flexibility index (Phi) is 10.3. The van der Waals surface area contributed by atoms with E-state index in [-0.39, 0.29) is 0 Å². The number of hydrogen-bond donors (Lipinski definition) is 0. The predicted molar refractivity (Wildman–Crippen MR) is 80.3 cm³/mol. The molecule has 0 aromatic rings. The largest absolute Gasteiger partial charge is 0.544 e. The second-order valence-corrected chi connectivity index (χ2v) is 8.83. The maximum atomic E-state index is 13.7. The number of hydrogen-bond acceptors (Lipinski definition) is 2. The van der Waals surface area contributed by atoms with Crippen LogP contribution in [-0.4, -0.2) is 95.1 Å². The van der Waals surface area contributed by atoms with Gasteiger partial charge in [-0.05, 0) is 0 Å². The zero-order valence-electron chi connectivity index (χ0n) is 20.5. The lowest BCUT2D eigenvalue weighted by Gasteiger charge is -2.46. The fourth-order valence-corrected chi connectivity index (χ4v) is 2.67. The minimum absolute atomic E-state index is 5.06. The molecule has 294 valence electrons. The summed E-state index contributed by atoms with van der Waals surface area (Å²) in [6.45, 7) is 0. The Labute approximate surface area is 242 Å². The summed E-state index contributed by atoms with van der Waals surface area (Å²) < 4.78 is 410. The number of carbonyl (C=O) groups excluding carboxylic acids is 1. The molecule has 0 atom stereocenters. The van der Waals surface area contributed by atoms with Crippen LogP contribution < -0.4 is 5.11 Å². The first-order chi connectivity index (χ1) is 20.4. The quantitative estimate of drug-likeness (QED) is 0.166. The molecule has 0 aliphatic carbocycles. The minimum Gasteiger partial charge on any atom is -0.544 e. The molecule has 0 fully saturated rings. The van der Waals surface area contributed by atoms with Crippen LogP contribution in [0.4, 0.5) is 136 Å². The molecule has 0 heterocycles. The van der Waals surface area contributed by atoms with Crippen LogP contribution in [0.2, 0.25) is 0 Å². The Morgan fingerprint density at radius 3 is 0.490 bits per heavy atom. The second-order valence-electron chi connectivity index (χ2n) is 8.83. The van der Waals surface area contributed by atoms with Crippen molar-refractivity contribution in [1.29, 1.82) is 0 Å². The second kappa shape index (κ2) is 10.9. The number of carbonyl (C=O) groups is 1. The summed E-state index contributed by atoms with van der Waals surface area (Å²) >= 11 is 0. The highest BCUT2D eigenvalue weighted by Crippen LogP contribution is 2.69. The van der Waals surface area contributed by atoms with E-state index in [4.69, 9.17) is 0 Å². The molecule has 0 N–H and O–H groups in total. The molecule has 0 aromatic carbocycles. The van der Waals surface area contributed by atoms with Gasteiger partial charge >= 0.3 is 89.1 Å². The van der Waals surface area contributed by atoms with E-state index < -0.39 is 95.1 Å². The van der Waals surface area contributed by atoms with Crippen molar-refractivity contribution < 1.29 is 146 Å². The first-order valence-corrected chi connectivity index (χ1v) is 10.0. The van der Waals surface area contributed by atoms with Gasteiger partial charge in [0.05, 0.1) is 0 Å². The van der Waals surface area contributed by atoms with E-state index in [0.29, 0.717) is 0 Å². The Morgan fingerprint density at radius 1 is 0.245 bits per heavy atom. The van der Waals surface area contributed by atoms with Crippen molar-refractivity contribution >= 4 is 5.97 Å². The van der Waals surface area contributed by atoms with Crippen LogP contribution in [0.25, 0.3) is 0 Å². The summed E-state index contributed by atoms with van der Waals surface area (Å²) in [7, 11) is 0. The first-order valence-electron chi connectivity index (χ1n) is 10.0. The molecule has 49 heavy (non-hydrogen) atoms. The third-order valence-corrected chi connectivity index (χ3v) is 5.74. The summed E-state index contributed by atoms with van der Waals surface area (Å²) in [5.41, 5.74) is 0. The van der Waals surface area contributed by atoms with Crippen molar-refractivity contribution in [2.45, 2.75) is 89.1 Å². The smallest absolute Gasteiger partial charge is 0.460 e. The Bertz CT molecular complexity index is 1250. The van der Waals surface area contributed by atoms with E-state index in [0.717, 1.165) is 0 Å². The average Bonchev–Trinajstić information content (AvgIpc) is 2.86. The summed E-state index contributed by atoms with van der Waals surface area (Å²) in [6.07, 6.45) is -8.37. The van der Waals surface area contributed by atoms with Crippen LogP contribution in [0.1, 0.15) is 0 Å². The topological polar surface area (TPSA) is 40.1 Å². The van der Waals surface area contributed by atoms with E-state index in [1.807, 2.05) is 0 Å². The van der Waals surface area contributed by atoms with Gasteiger partial charge in [0.25, 0.3) is 0 Å². The number of aliphatic carboxylic acids is 1. The molecule has 0 spiro atoms. The van der Waals surface area contributed by atoms with Crippen molar-refractivity contribution in [1.82, 2.24) is 0 Å². The van der Waals surface area contributed by atoms with Crippen LogP contribution in [0, 0.1) is 0 Å². The minimum atomic E-state index is -10.2. The maximum Gasteiger partial charge on any atom is 0.460 e. The molecule has 0 aliphatic rings. The molecule has 0 saturated heterocycles. The average molecular weight is 813 g/mol. The van der Waals surface area contributed by atoms with E-state index in [1.54, 1.807) is 0 Å². The van der Waals surface area contributed by atoms with E-state index in [9.17, 15) is 146 Å². The van der Waals surface area contributed by atoms with Gasteiger partial charge in [0.15, 0.2) is 0 Å². The van der Waals surface area contributed by atoms with Gasteiger partial charge in [-0.1, -0.05) is 0 Å². The van der Waals surface area contributed by atoms with E-state index in [2.05, 4.69) is 0 Å². The molecule has 2 nitrogen and oxygen atoms in total. The summed E-state index contributed by atoms with van der Waals surface area (Å²) in [6, 6.07) is 0. The Morgan fingerprint density at radius 2 is 0.367 bits per heavy atom. The molecule has 33 heteroatoms. The molecular weight excluding hydrogens is 813 g/mol. The maximum absolute atomic E-state index is 13.7. The Balaban J connectivity index is 7.68. The van der Waals surface area contributed by atoms with Gasteiger partial charge in [-0.2, -0.15) is 136 Å².